The number of rotatable bonds is 7. The van der Waals surface area contributed by atoms with Crippen LogP contribution in [0.1, 0.15) is 36.5 Å². The van der Waals surface area contributed by atoms with Crippen LogP contribution in [0.3, 0.4) is 0 Å². The lowest BCUT2D eigenvalue weighted by atomic mass is 10.0. The molecule has 1 N–H and O–H groups in total. The Kier molecular flexibility index (Phi) is 6.61. The van der Waals surface area contributed by atoms with Gasteiger partial charge in [-0.05, 0) is 53.8 Å². The van der Waals surface area contributed by atoms with Gasteiger partial charge < -0.3 is 14.6 Å². The highest BCUT2D eigenvalue weighted by Crippen LogP contribution is 2.36. The average molecular weight is 423 g/mol. The molecular formula is C26H27ClO3. The van der Waals surface area contributed by atoms with Gasteiger partial charge in [0.2, 0.25) is 0 Å². The largest absolute Gasteiger partial charge is 0.490 e. The molecule has 2 aliphatic carbocycles. The molecule has 1 aliphatic heterocycles. The molecule has 1 atom stereocenters. The second-order valence-corrected chi connectivity index (χ2v) is 8.12. The van der Waals surface area contributed by atoms with Gasteiger partial charge in [-0.15, -0.1) is 0 Å². The number of halogens is 1. The Hall–Kier alpha value is -2.49. The van der Waals surface area contributed by atoms with E-state index in [1.807, 2.05) is 30.3 Å². The first-order valence-corrected chi connectivity index (χ1v) is 11.0. The van der Waals surface area contributed by atoms with Gasteiger partial charge in [0.25, 0.3) is 0 Å². The summed E-state index contributed by atoms with van der Waals surface area (Å²) in [6.07, 6.45) is 3.78. The molecule has 3 aliphatic rings. The summed E-state index contributed by atoms with van der Waals surface area (Å²) in [7, 11) is 0. The van der Waals surface area contributed by atoms with Crippen LogP contribution in [0, 0.1) is 10.4 Å². The molecule has 30 heavy (non-hydrogen) atoms. The van der Waals surface area contributed by atoms with Gasteiger partial charge in [-0.2, -0.15) is 0 Å². The normalized spacial score (nSPS) is 15.0. The van der Waals surface area contributed by atoms with Crippen LogP contribution in [0.2, 0.25) is 5.02 Å². The number of benzene rings is 3. The zero-order valence-corrected chi connectivity index (χ0v) is 18.0. The number of fused-ring (bicyclic) bond motifs is 1. The van der Waals surface area contributed by atoms with Crippen molar-refractivity contribution in [1.82, 2.24) is 0 Å². The van der Waals surface area contributed by atoms with E-state index in [0.717, 1.165) is 53.3 Å². The minimum absolute atomic E-state index is 0.188. The maximum atomic E-state index is 9.13. The van der Waals surface area contributed by atoms with Crippen molar-refractivity contribution in [1.29, 1.82) is 0 Å². The van der Waals surface area contributed by atoms with Crippen LogP contribution in [0.15, 0.2) is 60.7 Å². The monoisotopic (exact) mass is 422 g/mol. The van der Waals surface area contributed by atoms with E-state index in [1.54, 1.807) is 0 Å². The highest BCUT2D eigenvalue weighted by molar-refractivity contribution is 6.31. The highest BCUT2D eigenvalue weighted by Gasteiger charge is 2.23. The molecule has 0 amide bonds. The van der Waals surface area contributed by atoms with Gasteiger partial charge in [-0.3, -0.25) is 0 Å². The zero-order chi connectivity index (χ0) is 20.9. The molecule has 0 bridgehead atoms. The molecule has 5 rings (SSSR count). The van der Waals surface area contributed by atoms with Gasteiger partial charge in [0.1, 0.15) is 24.2 Å². The van der Waals surface area contributed by atoms with Gasteiger partial charge in [0.15, 0.2) is 0 Å². The molecule has 3 nitrogen and oxygen atoms in total. The fourth-order valence-corrected chi connectivity index (χ4v) is 3.97. The number of ether oxygens (including phenoxy) is 2. The minimum atomic E-state index is 0.188. The summed E-state index contributed by atoms with van der Waals surface area (Å²) in [6.45, 7) is 2.90. The number of aryl methyl sites for hydroxylation is 1. The third-order valence-electron chi connectivity index (χ3n) is 5.56. The molecule has 1 unspecified atom stereocenters. The van der Waals surface area contributed by atoms with Crippen molar-refractivity contribution < 1.29 is 14.6 Å². The van der Waals surface area contributed by atoms with Crippen molar-refractivity contribution in [3.8, 4) is 11.5 Å². The van der Waals surface area contributed by atoms with E-state index in [2.05, 4.69) is 37.3 Å². The summed E-state index contributed by atoms with van der Waals surface area (Å²) >= 11 is 5.60. The van der Waals surface area contributed by atoms with Crippen molar-refractivity contribution >= 4 is 11.6 Å². The van der Waals surface area contributed by atoms with Crippen LogP contribution in [-0.4, -0.2) is 17.8 Å². The van der Waals surface area contributed by atoms with Crippen LogP contribution in [0.25, 0.3) is 0 Å². The van der Waals surface area contributed by atoms with Gasteiger partial charge in [0.05, 0.1) is 0 Å². The summed E-state index contributed by atoms with van der Waals surface area (Å²) in [5.41, 5.74) is 3.50. The minimum Gasteiger partial charge on any atom is -0.490 e. The summed E-state index contributed by atoms with van der Waals surface area (Å²) in [5, 5.41) is 12.6. The second-order valence-electron chi connectivity index (χ2n) is 7.72. The van der Waals surface area contributed by atoms with E-state index in [-0.39, 0.29) is 12.7 Å². The van der Waals surface area contributed by atoms with E-state index >= 15 is 0 Å². The summed E-state index contributed by atoms with van der Waals surface area (Å²) in [4.78, 5) is 0. The lowest BCUT2D eigenvalue weighted by molar-refractivity contribution is 0.228. The predicted octanol–water partition coefficient (Wildman–Crippen LogP) is 5.84. The quantitative estimate of drug-likeness (QED) is 0.406. The van der Waals surface area contributed by atoms with Crippen LogP contribution < -0.4 is 9.47 Å². The molecule has 156 valence electrons. The Labute approximate surface area is 182 Å². The molecule has 0 saturated carbocycles. The van der Waals surface area contributed by atoms with E-state index < -0.39 is 0 Å². The number of aliphatic hydroxyl groups is 1. The Balaban J connectivity index is 0.000000259. The third kappa shape index (κ3) is 4.63. The first kappa shape index (κ1) is 20.8. The Morgan fingerprint density at radius 2 is 1.93 bits per heavy atom. The van der Waals surface area contributed by atoms with Crippen molar-refractivity contribution in [3.05, 3.63) is 92.8 Å². The molecule has 2 aromatic rings. The van der Waals surface area contributed by atoms with Crippen LogP contribution in [0.5, 0.6) is 11.5 Å². The SMILES string of the molecule is CCC1Cc2cc(OCc3ccccc3)c(CCCO)cc2O1.Clc1cc2ccc1=2. The van der Waals surface area contributed by atoms with Gasteiger partial charge in [0, 0.05) is 28.8 Å². The molecule has 0 saturated heterocycles. The highest BCUT2D eigenvalue weighted by atomic mass is 35.5. The molecule has 1 heterocycles. The van der Waals surface area contributed by atoms with Crippen LogP contribution >= 0.6 is 11.6 Å². The van der Waals surface area contributed by atoms with Gasteiger partial charge in [-0.1, -0.05) is 61.0 Å². The molecule has 0 aromatic heterocycles. The molecular weight excluding hydrogens is 396 g/mol. The van der Waals surface area contributed by atoms with Crippen LogP contribution in [0.4, 0.5) is 0 Å². The lowest BCUT2D eigenvalue weighted by Gasteiger charge is -2.13. The molecule has 2 aromatic carbocycles. The third-order valence-corrected chi connectivity index (χ3v) is 5.87. The fraction of sp³-hybridized carbons (Fsp3) is 0.308. The smallest absolute Gasteiger partial charge is 0.123 e. The first-order valence-electron chi connectivity index (χ1n) is 10.6. The topological polar surface area (TPSA) is 38.7 Å². The molecule has 4 heteroatoms. The van der Waals surface area contributed by atoms with Crippen LogP contribution in [-0.2, 0) is 19.4 Å². The Morgan fingerprint density at radius 3 is 2.50 bits per heavy atom. The summed E-state index contributed by atoms with van der Waals surface area (Å²) in [6, 6.07) is 20.5. The lowest BCUT2D eigenvalue weighted by Crippen LogP contribution is -2.10. The Bertz CT molecular complexity index is 1100. The van der Waals surface area contributed by atoms with Crippen molar-refractivity contribution in [2.75, 3.05) is 6.61 Å². The standard InChI is InChI=1S/C20H24O3.C6H3Cl/c1-2-18-11-17-13-19(22-14-15-7-4-3-5-8-15)16(9-6-10-21)12-20(17)23-18;7-6-3-4-1-2-5(4)6/h3-5,7-8,12-13,18,21H,2,6,9-11,14H2,1H3;1-3H. The maximum absolute atomic E-state index is 9.13. The van der Waals surface area contributed by atoms with Crippen molar-refractivity contribution in [2.24, 2.45) is 0 Å². The Morgan fingerprint density at radius 1 is 1.10 bits per heavy atom. The van der Waals surface area contributed by atoms with Crippen molar-refractivity contribution in [2.45, 2.75) is 45.3 Å². The van der Waals surface area contributed by atoms with E-state index in [1.165, 1.54) is 16.0 Å². The molecule has 0 fully saturated rings. The second kappa shape index (κ2) is 9.55. The first-order chi connectivity index (χ1) is 14.7. The fourth-order valence-electron chi connectivity index (χ4n) is 3.68. The van der Waals surface area contributed by atoms with Gasteiger partial charge in [-0.25, -0.2) is 0 Å². The summed E-state index contributed by atoms with van der Waals surface area (Å²) in [5.74, 6) is 1.90. The molecule has 0 radical (unpaired) electrons. The average Bonchev–Trinajstić information content (AvgIpc) is 3.17. The predicted molar refractivity (Wildman–Crippen MR) is 120 cm³/mol. The number of hydrogen-bond donors (Lipinski definition) is 1. The van der Waals surface area contributed by atoms with E-state index in [4.69, 9.17) is 26.2 Å². The zero-order valence-electron chi connectivity index (χ0n) is 17.2. The van der Waals surface area contributed by atoms with Gasteiger partial charge >= 0.3 is 0 Å². The summed E-state index contributed by atoms with van der Waals surface area (Å²) < 4.78 is 12.1. The maximum Gasteiger partial charge on any atom is 0.123 e. The molecule has 0 spiro atoms. The van der Waals surface area contributed by atoms with E-state index in [0.29, 0.717) is 6.61 Å². The van der Waals surface area contributed by atoms with E-state index in [9.17, 15) is 0 Å². The number of aliphatic hydroxyl groups excluding tert-OH is 1. The number of hydrogen-bond acceptors (Lipinski definition) is 3. The van der Waals surface area contributed by atoms with Crippen molar-refractivity contribution in [3.63, 3.8) is 0 Å².